The Balaban J connectivity index is 2.72. The Morgan fingerprint density at radius 3 is 3.00 bits per heavy atom. The summed E-state index contributed by atoms with van der Waals surface area (Å²) in [6.45, 7) is 6.82. The summed E-state index contributed by atoms with van der Waals surface area (Å²) < 4.78 is 4.05. The van der Waals surface area contributed by atoms with Gasteiger partial charge in [-0.05, 0) is 0 Å². The van der Waals surface area contributed by atoms with Gasteiger partial charge in [-0.1, -0.05) is 6.58 Å². The van der Waals surface area contributed by atoms with Gasteiger partial charge in [0.1, 0.15) is 12.4 Å². The molecule has 0 spiro atoms. The van der Waals surface area contributed by atoms with E-state index in [-0.39, 0.29) is 6.61 Å². The van der Waals surface area contributed by atoms with Gasteiger partial charge in [0.25, 0.3) is 5.82 Å². The molecule has 0 fully saturated rings. The number of aliphatic hydroxyl groups excluding tert-OH is 1. The van der Waals surface area contributed by atoms with Crippen LogP contribution < -0.4 is 4.57 Å². The first kappa shape index (κ1) is 9.00. The van der Waals surface area contributed by atoms with Crippen molar-refractivity contribution < 1.29 is 9.67 Å². The lowest BCUT2D eigenvalue weighted by Crippen LogP contribution is -2.35. The third kappa shape index (κ3) is 1.74. The summed E-state index contributed by atoms with van der Waals surface area (Å²) in [6, 6.07) is 0. The fraction of sp³-hybridized carbons (Fsp3) is 0.444. The molecule has 0 atom stereocenters. The fourth-order valence-electron chi connectivity index (χ4n) is 1.19. The fourth-order valence-corrected chi connectivity index (χ4v) is 1.19. The maximum absolute atomic E-state index is 8.64. The maximum atomic E-state index is 8.64. The van der Waals surface area contributed by atoms with Gasteiger partial charge < -0.3 is 5.11 Å². The van der Waals surface area contributed by atoms with Crippen LogP contribution in [-0.4, -0.2) is 16.3 Å². The van der Waals surface area contributed by atoms with Crippen LogP contribution in [0.3, 0.4) is 0 Å². The first-order valence-corrected chi connectivity index (χ1v) is 4.10. The lowest BCUT2D eigenvalue weighted by atomic mass is 10.4. The summed E-state index contributed by atoms with van der Waals surface area (Å²) >= 11 is 0. The molecule has 0 unspecified atom stereocenters. The van der Waals surface area contributed by atoms with Crippen molar-refractivity contribution in [1.82, 2.24) is 4.57 Å². The number of rotatable bonds is 4. The Bertz CT molecular complexity index is 265. The smallest absolute Gasteiger partial charge is 0.257 e. The highest BCUT2D eigenvalue weighted by Crippen LogP contribution is 1.93. The van der Waals surface area contributed by atoms with E-state index in [2.05, 4.69) is 11.1 Å². The minimum atomic E-state index is 0.242. The van der Waals surface area contributed by atoms with E-state index in [0.717, 1.165) is 18.8 Å². The molecule has 0 bridgehead atoms. The molecule has 1 heterocycles. The molecule has 0 aliphatic carbocycles. The first-order chi connectivity index (χ1) is 5.79. The molecule has 3 heteroatoms. The number of aliphatic hydroxyl groups is 1. The van der Waals surface area contributed by atoms with Gasteiger partial charge in [0.05, 0.1) is 12.7 Å². The van der Waals surface area contributed by atoms with Gasteiger partial charge in [0, 0.05) is 20.0 Å². The van der Waals surface area contributed by atoms with Crippen molar-refractivity contribution in [3.05, 3.63) is 24.8 Å². The minimum absolute atomic E-state index is 0.242. The summed E-state index contributed by atoms with van der Waals surface area (Å²) in [4.78, 5) is 0. The van der Waals surface area contributed by atoms with Crippen LogP contribution in [0.15, 0.2) is 19.0 Å². The van der Waals surface area contributed by atoms with Gasteiger partial charge in [-0.2, -0.15) is 0 Å². The third-order valence-electron chi connectivity index (χ3n) is 1.95. The van der Waals surface area contributed by atoms with E-state index in [1.165, 1.54) is 0 Å². The standard InChI is InChI=1S/C9H15N2O/c1-3-10-6-7-11(9(10)2)5-4-8-12/h3,6-7,12H,1,4-5,8H2,2H3/q+1. The quantitative estimate of drug-likeness (QED) is 0.652. The largest absolute Gasteiger partial charge is 0.396 e. The van der Waals surface area contributed by atoms with Crippen molar-refractivity contribution >= 4 is 6.20 Å². The Morgan fingerprint density at radius 2 is 2.50 bits per heavy atom. The SMILES string of the molecule is C=Cn1cc[n+](CCCO)c1C. The highest BCUT2D eigenvalue weighted by atomic mass is 16.3. The average molecular weight is 167 g/mol. The molecule has 12 heavy (non-hydrogen) atoms. The maximum Gasteiger partial charge on any atom is 0.257 e. The van der Waals surface area contributed by atoms with E-state index >= 15 is 0 Å². The van der Waals surface area contributed by atoms with E-state index < -0.39 is 0 Å². The molecule has 66 valence electrons. The predicted molar refractivity (Wildman–Crippen MR) is 47.5 cm³/mol. The Morgan fingerprint density at radius 1 is 1.75 bits per heavy atom. The third-order valence-corrected chi connectivity index (χ3v) is 1.95. The molecule has 0 saturated carbocycles. The number of hydrogen-bond acceptors (Lipinski definition) is 1. The van der Waals surface area contributed by atoms with Crippen LogP contribution in [0.2, 0.25) is 0 Å². The molecule has 3 nitrogen and oxygen atoms in total. The van der Waals surface area contributed by atoms with E-state index in [9.17, 15) is 0 Å². The summed E-state index contributed by atoms with van der Waals surface area (Å²) in [5.74, 6) is 1.14. The lowest BCUT2D eigenvalue weighted by molar-refractivity contribution is -0.702. The Kier molecular flexibility index (Phi) is 3.05. The van der Waals surface area contributed by atoms with Gasteiger partial charge in [-0.3, -0.25) is 0 Å². The molecule has 0 amide bonds. The second-order valence-electron chi connectivity index (χ2n) is 2.71. The van der Waals surface area contributed by atoms with Crippen molar-refractivity contribution in [1.29, 1.82) is 0 Å². The van der Waals surface area contributed by atoms with Crippen molar-refractivity contribution in [2.75, 3.05) is 6.61 Å². The van der Waals surface area contributed by atoms with Crippen molar-refractivity contribution in [2.45, 2.75) is 19.9 Å². The Labute approximate surface area is 72.6 Å². The highest BCUT2D eigenvalue weighted by Gasteiger charge is 2.07. The van der Waals surface area contributed by atoms with Crippen LogP contribution in [-0.2, 0) is 6.54 Å². The van der Waals surface area contributed by atoms with Crippen LogP contribution in [0.1, 0.15) is 12.2 Å². The number of imidazole rings is 1. The zero-order chi connectivity index (χ0) is 8.97. The van der Waals surface area contributed by atoms with Crippen molar-refractivity contribution in [3.8, 4) is 0 Å². The predicted octanol–water partition coefficient (Wildman–Crippen LogP) is 0.567. The van der Waals surface area contributed by atoms with Gasteiger partial charge >= 0.3 is 0 Å². The molecular formula is C9H15N2O+. The van der Waals surface area contributed by atoms with Crippen LogP contribution >= 0.6 is 0 Å². The molecular weight excluding hydrogens is 152 g/mol. The van der Waals surface area contributed by atoms with Gasteiger partial charge in [-0.15, -0.1) is 0 Å². The normalized spacial score (nSPS) is 10.2. The zero-order valence-electron chi connectivity index (χ0n) is 7.40. The molecule has 1 rings (SSSR count). The van der Waals surface area contributed by atoms with Crippen LogP contribution in [0.4, 0.5) is 0 Å². The molecule has 0 aromatic carbocycles. The summed E-state index contributed by atoms with van der Waals surface area (Å²) in [7, 11) is 0. The number of hydrogen-bond donors (Lipinski definition) is 1. The second-order valence-corrected chi connectivity index (χ2v) is 2.71. The average Bonchev–Trinajstić information content (AvgIpc) is 2.43. The second kappa shape index (κ2) is 4.07. The van der Waals surface area contributed by atoms with E-state index in [0.29, 0.717) is 0 Å². The molecule has 1 aromatic heterocycles. The van der Waals surface area contributed by atoms with Crippen LogP contribution in [0.25, 0.3) is 6.20 Å². The van der Waals surface area contributed by atoms with E-state index in [1.54, 1.807) is 6.20 Å². The van der Waals surface area contributed by atoms with Crippen molar-refractivity contribution in [3.63, 3.8) is 0 Å². The number of aromatic nitrogens is 2. The molecule has 0 radical (unpaired) electrons. The summed E-state index contributed by atoms with van der Waals surface area (Å²) in [5.41, 5.74) is 0. The van der Waals surface area contributed by atoms with Gasteiger partial charge in [-0.25, -0.2) is 9.13 Å². The molecule has 0 aliphatic rings. The van der Waals surface area contributed by atoms with Crippen molar-refractivity contribution in [2.24, 2.45) is 0 Å². The molecule has 1 aromatic rings. The monoisotopic (exact) mass is 167 g/mol. The summed E-state index contributed by atoms with van der Waals surface area (Å²) in [5, 5.41) is 8.64. The van der Waals surface area contributed by atoms with Gasteiger partial charge in [0.15, 0.2) is 0 Å². The highest BCUT2D eigenvalue weighted by molar-refractivity contribution is 5.16. The first-order valence-electron chi connectivity index (χ1n) is 4.10. The van der Waals surface area contributed by atoms with Crippen LogP contribution in [0, 0.1) is 6.92 Å². The number of nitrogens with zero attached hydrogens (tertiary/aromatic N) is 2. The van der Waals surface area contributed by atoms with E-state index in [4.69, 9.17) is 5.11 Å². The zero-order valence-corrected chi connectivity index (χ0v) is 7.40. The van der Waals surface area contributed by atoms with E-state index in [1.807, 2.05) is 23.9 Å². The lowest BCUT2D eigenvalue weighted by Gasteiger charge is -1.95. The molecule has 1 N–H and O–H groups in total. The topological polar surface area (TPSA) is 29.0 Å². The summed E-state index contributed by atoms with van der Waals surface area (Å²) in [6.07, 6.45) is 6.52. The molecule has 0 saturated heterocycles. The molecule has 0 aliphatic heterocycles. The van der Waals surface area contributed by atoms with Crippen LogP contribution in [0.5, 0.6) is 0 Å². The van der Waals surface area contributed by atoms with Gasteiger partial charge in [0.2, 0.25) is 0 Å². The number of aryl methyl sites for hydroxylation is 1. The minimum Gasteiger partial charge on any atom is -0.396 e. The Hall–Kier alpha value is -1.09.